The number of para-hydroxylation sites is 1. The first-order valence-electron chi connectivity index (χ1n) is 13.4. The van der Waals surface area contributed by atoms with Crippen molar-refractivity contribution in [1.29, 1.82) is 0 Å². The van der Waals surface area contributed by atoms with E-state index in [0.717, 1.165) is 77.2 Å². The molecule has 2 aliphatic rings. The molecule has 1 amide bonds. The van der Waals surface area contributed by atoms with Crippen molar-refractivity contribution in [3.8, 4) is 0 Å². The first-order valence-corrected chi connectivity index (χ1v) is 16.0. The topological polar surface area (TPSA) is 85.9 Å². The number of hydrogen-bond donors (Lipinski definition) is 1. The number of halogens is 2. The predicted molar refractivity (Wildman–Crippen MR) is 169 cm³/mol. The normalized spacial score (nSPS) is 15.8. The molecule has 0 aliphatic carbocycles. The highest BCUT2D eigenvalue weighted by atomic mass is 35.5. The molecule has 0 atom stereocenters. The second-order valence-electron chi connectivity index (χ2n) is 10.0. The molecule has 0 bridgehead atoms. The van der Waals surface area contributed by atoms with Gasteiger partial charge in [0.25, 0.3) is 15.9 Å². The summed E-state index contributed by atoms with van der Waals surface area (Å²) in [5.74, 6) is -0.209. The van der Waals surface area contributed by atoms with Crippen LogP contribution in [0.15, 0.2) is 71.6 Å². The van der Waals surface area contributed by atoms with E-state index < -0.39 is 10.0 Å². The van der Waals surface area contributed by atoms with Gasteiger partial charge < -0.3 is 10.2 Å². The Bertz CT molecular complexity index is 1640. The number of nitrogens with zero attached hydrogens (tertiary/aromatic N) is 4. The smallest absolute Gasteiger partial charge is 0.264 e. The number of sulfonamides is 1. The van der Waals surface area contributed by atoms with Crippen LogP contribution in [0.5, 0.6) is 0 Å². The van der Waals surface area contributed by atoms with Crippen LogP contribution in [0.3, 0.4) is 0 Å². The number of amides is 1. The summed E-state index contributed by atoms with van der Waals surface area (Å²) >= 11 is 7.78. The number of hydrogen-bond acceptors (Lipinski definition) is 7. The molecule has 12 heteroatoms. The Balaban J connectivity index is 0.00000337. The highest BCUT2D eigenvalue weighted by Crippen LogP contribution is 2.32. The third kappa shape index (κ3) is 6.32. The zero-order chi connectivity index (χ0) is 27.7. The summed E-state index contributed by atoms with van der Waals surface area (Å²) in [4.78, 5) is 22.3. The highest BCUT2D eigenvalue weighted by molar-refractivity contribution is 7.92. The van der Waals surface area contributed by atoms with Crippen LogP contribution in [-0.4, -0.2) is 70.0 Å². The van der Waals surface area contributed by atoms with Crippen molar-refractivity contribution in [2.45, 2.75) is 17.7 Å². The zero-order valence-electron chi connectivity index (χ0n) is 22.3. The highest BCUT2D eigenvalue weighted by Gasteiger charge is 2.29. The molecule has 216 valence electrons. The van der Waals surface area contributed by atoms with Gasteiger partial charge in [0.05, 0.1) is 20.8 Å². The average molecular weight is 633 g/mol. The van der Waals surface area contributed by atoms with Gasteiger partial charge >= 0.3 is 0 Å². The lowest BCUT2D eigenvalue weighted by Gasteiger charge is -2.34. The molecule has 6 rings (SSSR count). The van der Waals surface area contributed by atoms with E-state index in [1.807, 2.05) is 42.5 Å². The Kier molecular flexibility index (Phi) is 9.06. The van der Waals surface area contributed by atoms with E-state index in [-0.39, 0.29) is 23.2 Å². The Labute approximate surface area is 255 Å². The Morgan fingerprint density at radius 1 is 0.976 bits per heavy atom. The first kappa shape index (κ1) is 29.6. The number of thiazole rings is 1. The quantitative estimate of drug-likeness (QED) is 0.307. The van der Waals surface area contributed by atoms with Gasteiger partial charge in [-0.3, -0.25) is 14.0 Å². The van der Waals surface area contributed by atoms with E-state index in [1.54, 1.807) is 23.5 Å². The van der Waals surface area contributed by atoms with Crippen LogP contribution in [0, 0.1) is 0 Å². The molecule has 1 N–H and O–H groups in total. The number of carbonyl (C=O) groups is 1. The van der Waals surface area contributed by atoms with Crippen LogP contribution in [0.4, 0.5) is 10.8 Å². The number of anilines is 2. The van der Waals surface area contributed by atoms with Crippen molar-refractivity contribution in [1.82, 2.24) is 15.2 Å². The predicted octanol–water partition coefficient (Wildman–Crippen LogP) is 5.07. The van der Waals surface area contributed by atoms with Crippen LogP contribution in [0.1, 0.15) is 22.3 Å². The summed E-state index contributed by atoms with van der Waals surface area (Å²) in [6, 6.07) is 19.6. The summed E-state index contributed by atoms with van der Waals surface area (Å²) in [7, 11) is -3.70. The maximum absolute atomic E-state index is 13.4. The van der Waals surface area contributed by atoms with Gasteiger partial charge in [0, 0.05) is 56.4 Å². The number of carbonyl (C=O) groups excluding carboxylic acids is 1. The van der Waals surface area contributed by atoms with Crippen molar-refractivity contribution in [2.24, 2.45) is 0 Å². The van der Waals surface area contributed by atoms with E-state index >= 15 is 0 Å². The largest absolute Gasteiger partial charge is 0.351 e. The minimum absolute atomic E-state index is 0. The van der Waals surface area contributed by atoms with E-state index in [4.69, 9.17) is 16.6 Å². The fourth-order valence-electron chi connectivity index (χ4n) is 5.27. The van der Waals surface area contributed by atoms with Gasteiger partial charge in [-0.25, -0.2) is 13.4 Å². The van der Waals surface area contributed by atoms with Crippen LogP contribution < -0.4 is 14.5 Å². The molecule has 2 aliphatic heterocycles. The Morgan fingerprint density at radius 2 is 1.73 bits per heavy atom. The lowest BCUT2D eigenvalue weighted by atomic mass is 10.0. The number of aromatic nitrogens is 1. The monoisotopic (exact) mass is 631 g/mol. The number of piperazine rings is 1. The van der Waals surface area contributed by atoms with E-state index in [0.29, 0.717) is 18.7 Å². The fraction of sp³-hybridized carbons (Fsp3) is 0.310. The van der Waals surface area contributed by atoms with Gasteiger partial charge in [-0.15, -0.1) is 12.4 Å². The summed E-state index contributed by atoms with van der Waals surface area (Å²) in [5, 5.41) is 4.71. The van der Waals surface area contributed by atoms with Gasteiger partial charge in [0.1, 0.15) is 0 Å². The molecule has 8 nitrogen and oxygen atoms in total. The third-order valence-corrected chi connectivity index (χ3v) is 10.6. The van der Waals surface area contributed by atoms with Crippen molar-refractivity contribution < 1.29 is 13.2 Å². The molecule has 4 aromatic rings. The molecule has 41 heavy (non-hydrogen) atoms. The number of aryl methyl sites for hydroxylation is 1. The van der Waals surface area contributed by atoms with Crippen LogP contribution >= 0.6 is 35.3 Å². The maximum Gasteiger partial charge on any atom is 0.264 e. The molecule has 0 unspecified atom stereocenters. The van der Waals surface area contributed by atoms with E-state index in [9.17, 15) is 13.2 Å². The lowest BCUT2D eigenvalue weighted by Crippen LogP contribution is -2.48. The number of benzene rings is 3. The number of fused-ring (bicyclic) bond motifs is 2. The Morgan fingerprint density at radius 3 is 2.51 bits per heavy atom. The number of nitrogens with one attached hydrogen (secondary N) is 1. The van der Waals surface area contributed by atoms with Crippen molar-refractivity contribution >= 4 is 72.3 Å². The molecular formula is C29H31Cl2N5O3S2. The SMILES string of the molecule is Cl.O=C(NCCN1CCN(c2nc3ccc(Cl)cc3s2)CC1)c1ccc(S(=O)(=O)N2CCCc3ccccc32)cc1. The minimum Gasteiger partial charge on any atom is -0.351 e. The summed E-state index contributed by atoms with van der Waals surface area (Å²) < 4.78 is 29.3. The molecule has 1 aromatic heterocycles. The van der Waals surface area contributed by atoms with E-state index in [1.165, 1.54) is 16.4 Å². The van der Waals surface area contributed by atoms with Gasteiger partial charge in [0.15, 0.2) is 5.13 Å². The third-order valence-electron chi connectivity index (χ3n) is 7.47. The zero-order valence-corrected chi connectivity index (χ0v) is 25.5. The number of rotatable bonds is 7. The van der Waals surface area contributed by atoms with Gasteiger partial charge in [-0.1, -0.05) is 41.1 Å². The summed E-state index contributed by atoms with van der Waals surface area (Å²) in [6.45, 7) is 5.24. The Hall–Kier alpha value is -2.89. The van der Waals surface area contributed by atoms with Gasteiger partial charge in [-0.2, -0.15) is 0 Å². The molecule has 0 spiro atoms. The van der Waals surface area contributed by atoms with E-state index in [2.05, 4.69) is 15.1 Å². The van der Waals surface area contributed by atoms with Crippen molar-refractivity contribution in [2.75, 3.05) is 55.0 Å². The van der Waals surface area contributed by atoms with Crippen LogP contribution in [0.2, 0.25) is 5.02 Å². The lowest BCUT2D eigenvalue weighted by molar-refractivity contribution is 0.0947. The standard InChI is InChI=1S/C29H30ClN5O3S2.ClH/c30-23-9-12-25-27(20-23)39-29(32-25)34-18-16-33(17-19-34)15-13-31-28(36)22-7-10-24(11-8-22)40(37,38)35-14-3-5-21-4-1-2-6-26(21)35;/h1-2,4,6-12,20H,3,5,13-19H2,(H,31,36);1H. The molecule has 1 saturated heterocycles. The van der Waals surface area contributed by atoms with Gasteiger partial charge in [0.2, 0.25) is 0 Å². The minimum atomic E-state index is -3.70. The molecule has 3 aromatic carbocycles. The summed E-state index contributed by atoms with van der Waals surface area (Å²) in [5.41, 5.74) is 3.19. The summed E-state index contributed by atoms with van der Waals surface area (Å²) in [6.07, 6.45) is 1.65. The fourth-order valence-corrected chi connectivity index (χ4v) is 8.10. The second kappa shape index (κ2) is 12.5. The first-order chi connectivity index (χ1) is 19.4. The molecule has 1 fully saturated rings. The average Bonchev–Trinajstić information content (AvgIpc) is 3.40. The van der Waals surface area contributed by atoms with Crippen molar-refractivity contribution in [3.63, 3.8) is 0 Å². The molecular weight excluding hydrogens is 601 g/mol. The second-order valence-corrected chi connectivity index (χ2v) is 13.3. The van der Waals surface area contributed by atoms with Crippen LogP contribution in [0.25, 0.3) is 10.2 Å². The van der Waals surface area contributed by atoms with Crippen molar-refractivity contribution in [3.05, 3.63) is 82.9 Å². The molecule has 0 saturated carbocycles. The van der Waals surface area contributed by atoms with Gasteiger partial charge in [-0.05, 0) is 66.9 Å². The van der Waals surface area contributed by atoms with Crippen LogP contribution in [-0.2, 0) is 16.4 Å². The maximum atomic E-state index is 13.4. The molecule has 0 radical (unpaired) electrons. The molecule has 3 heterocycles.